The van der Waals surface area contributed by atoms with Gasteiger partial charge < -0.3 is 14.7 Å². The van der Waals surface area contributed by atoms with Crippen LogP contribution in [0.4, 0.5) is 0 Å². The summed E-state index contributed by atoms with van der Waals surface area (Å²) in [5.41, 5.74) is 0.807. The number of H-pyrrole nitrogens is 1. The standard InChI is InChI=1S/C21H18N4O4/c26-19(23-11-9-16-3-2-12-29-16)15-7-5-14(6-8-15)13-25-18-17(4-1-10-22-18)24-20(27)21(25)28/h1-8,10,12H,9,11,13H2,(H,23,26)(H,24,27). The maximum Gasteiger partial charge on any atom is 0.318 e. The minimum absolute atomic E-state index is 0.177. The van der Waals surface area contributed by atoms with E-state index in [-0.39, 0.29) is 12.5 Å². The Morgan fingerprint density at radius 2 is 1.93 bits per heavy atom. The Hall–Kier alpha value is -3.94. The molecule has 0 bridgehead atoms. The molecule has 0 aliphatic rings. The molecule has 3 aromatic heterocycles. The first-order valence-electron chi connectivity index (χ1n) is 9.09. The van der Waals surface area contributed by atoms with Gasteiger partial charge in [-0.25, -0.2) is 4.98 Å². The van der Waals surface area contributed by atoms with Crippen LogP contribution in [0.2, 0.25) is 0 Å². The van der Waals surface area contributed by atoms with Crippen molar-refractivity contribution >= 4 is 17.1 Å². The van der Waals surface area contributed by atoms with E-state index in [1.807, 2.05) is 6.07 Å². The summed E-state index contributed by atoms with van der Waals surface area (Å²) < 4.78 is 6.56. The molecular weight excluding hydrogens is 372 g/mol. The van der Waals surface area contributed by atoms with Crippen molar-refractivity contribution in [2.24, 2.45) is 0 Å². The number of furan rings is 1. The van der Waals surface area contributed by atoms with Crippen LogP contribution in [0.15, 0.2) is 75.0 Å². The Balaban J connectivity index is 1.48. The molecule has 3 heterocycles. The number of nitrogens with zero attached hydrogens (tertiary/aromatic N) is 2. The number of hydrogen-bond donors (Lipinski definition) is 2. The third kappa shape index (κ3) is 4.01. The summed E-state index contributed by atoms with van der Waals surface area (Å²) in [4.78, 5) is 43.2. The van der Waals surface area contributed by atoms with Crippen LogP contribution in [-0.2, 0) is 13.0 Å². The fourth-order valence-corrected chi connectivity index (χ4v) is 3.05. The van der Waals surface area contributed by atoms with E-state index < -0.39 is 11.1 Å². The average Bonchev–Trinajstić information content (AvgIpc) is 3.25. The number of amides is 1. The second-order valence-corrected chi connectivity index (χ2v) is 6.50. The summed E-state index contributed by atoms with van der Waals surface area (Å²) in [7, 11) is 0. The lowest BCUT2D eigenvalue weighted by Gasteiger charge is -2.09. The van der Waals surface area contributed by atoms with E-state index in [1.165, 1.54) is 4.57 Å². The largest absolute Gasteiger partial charge is 0.469 e. The molecule has 0 fully saturated rings. The molecule has 0 saturated heterocycles. The van der Waals surface area contributed by atoms with Crippen molar-refractivity contribution in [3.63, 3.8) is 0 Å². The Labute approximate surface area is 164 Å². The van der Waals surface area contributed by atoms with Gasteiger partial charge in [0.15, 0.2) is 5.65 Å². The molecular formula is C21H18N4O4. The zero-order valence-corrected chi connectivity index (χ0v) is 15.4. The summed E-state index contributed by atoms with van der Waals surface area (Å²) in [6.45, 7) is 0.643. The highest BCUT2D eigenvalue weighted by Crippen LogP contribution is 2.09. The molecule has 0 unspecified atom stereocenters. The zero-order chi connectivity index (χ0) is 20.2. The predicted molar refractivity (Wildman–Crippen MR) is 107 cm³/mol. The second-order valence-electron chi connectivity index (χ2n) is 6.50. The lowest BCUT2D eigenvalue weighted by molar-refractivity contribution is 0.0953. The summed E-state index contributed by atoms with van der Waals surface area (Å²) in [5.74, 6) is 0.619. The van der Waals surface area contributed by atoms with E-state index in [0.717, 1.165) is 11.3 Å². The van der Waals surface area contributed by atoms with Crippen LogP contribution in [-0.4, -0.2) is 27.0 Å². The molecule has 0 atom stereocenters. The Bertz CT molecular complexity index is 1250. The highest BCUT2D eigenvalue weighted by Gasteiger charge is 2.10. The maximum absolute atomic E-state index is 12.3. The van der Waals surface area contributed by atoms with Crippen LogP contribution < -0.4 is 16.4 Å². The van der Waals surface area contributed by atoms with Crippen molar-refractivity contribution in [1.29, 1.82) is 0 Å². The van der Waals surface area contributed by atoms with Crippen molar-refractivity contribution in [3.8, 4) is 0 Å². The highest BCUT2D eigenvalue weighted by atomic mass is 16.3. The minimum atomic E-state index is -0.696. The van der Waals surface area contributed by atoms with Crippen LogP contribution in [0.25, 0.3) is 11.2 Å². The molecule has 146 valence electrons. The number of aromatic nitrogens is 3. The van der Waals surface area contributed by atoms with E-state index in [2.05, 4.69) is 15.3 Å². The van der Waals surface area contributed by atoms with Crippen molar-refractivity contribution in [1.82, 2.24) is 19.9 Å². The van der Waals surface area contributed by atoms with E-state index in [1.54, 1.807) is 54.9 Å². The van der Waals surface area contributed by atoms with E-state index in [0.29, 0.717) is 29.7 Å². The van der Waals surface area contributed by atoms with Gasteiger partial charge in [0.25, 0.3) is 5.91 Å². The lowest BCUT2D eigenvalue weighted by atomic mass is 10.1. The number of hydrogen-bond acceptors (Lipinski definition) is 5. The minimum Gasteiger partial charge on any atom is -0.469 e. The second kappa shape index (κ2) is 7.97. The lowest BCUT2D eigenvalue weighted by Crippen LogP contribution is -2.36. The molecule has 4 aromatic rings. The van der Waals surface area contributed by atoms with E-state index >= 15 is 0 Å². The molecule has 0 radical (unpaired) electrons. The van der Waals surface area contributed by atoms with Crippen LogP contribution in [0, 0.1) is 0 Å². The first-order chi connectivity index (χ1) is 14.1. The first kappa shape index (κ1) is 18.4. The molecule has 0 aliphatic carbocycles. The van der Waals surface area contributed by atoms with Gasteiger partial charge in [-0.3, -0.25) is 19.0 Å². The fourth-order valence-electron chi connectivity index (χ4n) is 3.05. The number of rotatable bonds is 6. The van der Waals surface area contributed by atoms with Gasteiger partial charge in [-0.2, -0.15) is 0 Å². The molecule has 1 amide bonds. The number of aromatic amines is 1. The fraction of sp³-hybridized carbons (Fsp3) is 0.143. The number of benzene rings is 1. The third-order valence-corrected chi connectivity index (χ3v) is 4.52. The SMILES string of the molecule is O=C(NCCc1ccco1)c1ccc(Cn2c(=O)c(=O)[nH]c3cccnc32)cc1. The van der Waals surface area contributed by atoms with Gasteiger partial charge in [0.2, 0.25) is 0 Å². The number of fused-ring (bicyclic) bond motifs is 1. The first-order valence-corrected chi connectivity index (χ1v) is 9.09. The Morgan fingerprint density at radius 3 is 2.69 bits per heavy atom. The van der Waals surface area contributed by atoms with Crippen molar-refractivity contribution in [2.75, 3.05) is 6.54 Å². The smallest absolute Gasteiger partial charge is 0.318 e. The molecule has 8 heteroatoms. The maximum atomic E-state index is 12.3. The molecule has 2 N–H and O–H groups in total. The molecule has 0 aliphatic heterocycles. The quantitative estimate of drug-likeness (QED) is 0.487. The third-order valence-electron chi connectivity index (χ3n) is 4.52. The van der Waals surface area contributed by atoms with Crippen molar-refractivity contribution < 1.29 is 9.21 Å². The van der Waals surface area contributed by atoms with Crippen LogP contribution in [0.3, 0.4) is 0 Å². The molecule has 8 nitrogen and oxygen atoms in total. The Morgan fingerprint density at radius 1 is 1.10 bits per heavy atom. The monoisotopic (exact) mass is 390 g/mol. The van der Waals surface area contributed by atoms with Gasteiger partial charge >= 0.3 is 11.1 Å². The van der Waals surface area contributed by atoms with E-state index in [9.17, 15) is 14.4 Å². The Kier molecular flexibility index (Phi) is 5.07. The van der Waals surface area contributed by atoms with Gasteiger partial charge in [0, 0.05) is 24.7 Å². The van der Waals surface area contributed by atoms with Gasteiger partial charge in [0.1, 0.15) is 5.76 Å². The van der Waals surface area contributed by atoms with Crippen LogP contribution in [0.5, 0.6) is 0 Å². The summed E-state index contributed by atoms with van der Waals surface area (Å²) >= 11 is 0. The summed E-state index contributed by atoms with van der Waals surface area (Å²) in [6, 6.07) is 13.9. The normalized spacial score (nSPS) is 10.9. The number of pyridine rings is 1. The zero-order valence-electron chi connectivity index (χ0n) is 15.4. The van der Waals surface area contributed by atoms with Gasteiger partial charge in [-0.05, 0) is 42.0 Å². The number of carbonyl (C=O) groups is 1. The highest BCUT2D eigenvalue weighted by molar-refractivity contribution is 5.94. The van der Waals surface area contributed by atoms with Gasteiger partial charge in [0.05, 0.1) is 18.3 Å². The molecule has 4 rings (SSSR count). The van der Waals surface area contributed by atoms with Gasteiger partial charge in [-0.1, -0.05) is 12.1 Å². The van der Waals surface area contributed by atoms with Gasteiger partial charge in [-0.15, -0.1) is 0 Å². The molecule has 0 spiro atoms. The van der Waals surface area contributed by atoms with Crippen LogP contribution >= 0.6 is 0 Å². The van der Waals surface area contributed by atoms with E-state index in [4.69, 9.17) is 4.42 Å². The molecule has 29 heavy (non-hydrogen) atoms. The summed E-state index contributed by atoms with van der Waals surface area (Å²) in [5, 5.41) is 2.84. The predicted octanol–water partition coefficient (Wildman–Crippen LogP) is 1.70. The molecule has 1 aromatic carbocycles. The van der Waals surface area contributed by atoms with Crippen molar-refractivity contribution in [3.05, 3.63) is 98.6 Å². The molecule has 0 saturated carbocycles. The summed E-state index contributed by atoms with van der Waals surface area (Å²) in [6.07, 6.45) is 3.77. The number of carbonyl (C=O) groups excluding carboxylic acids is 1. The topological polar surface area (TPSA) is 110 Å². The average molecular weight is 390 g/mol. The number of nitrogens with one attached hydrogen (secondary N) is 2. The van der Waals surface area contributed by atoms with Crippen LogP contribution in [0.1, 0.15) is 21.7 Å². The van der Waals surface area contributed by atoms with Crippen molar-refractivity contribution in [2.45, 2.75) is 13.0 Å².